The van der Waals surface area contributed by atoms with Crippen molar-refractivity contribution in [1.82, 2.24) is 0 Å². The number of hydrogen-bond acceptors (Lipinski definition) is 3. The Bertz CT molecular complexity index is 450. The molecule has 0 aliphatic heterocycles. The fourth-order valence-corrected chi connectivity index (χ4v) is 2.48. The Morgan fingerprint density at radius 2 is 2.25 bits per heavy atom. The van der Waals surface area contributed by atoms with Gasteiger partial charge in [0.2, 0.25) is 6.08 Å². The Labute approximate surface area is 98.0 Å². The number of nitrogens with zero attached hydrogens (tertiary/aromatic N) is 1. The zero-order valence-corrected chi connectivity index (χ0v) is 9.81. The number of halogens is 1. The molecule has 0 saturated heterocycles. The summed E-state index contributed by atoms with van der Waals surface area (Å²) in [5.74, 6) is -0.239. The van der Waals surface area contributed by atoms with Crippen molar-refractivity contribution >= 4 is 17.8 Å². The summed E-state index contributed by atoms with van der Waals surface area (Å²) in [5, 5.41) is 0. The van der Waals surface area contributed by atoms with Gasteiger partial charge in [0.05, 0.1) is 5.54 Å². The molecule has 0 amide bonds. The molecule has 1 aromatic rings. The van der Waals surface area contributed by atoms with E-state index in [-0.39, 0.29) is 5.82 Å². The third kappa shape index (κ3) is 1.79. The molecule has 0 spiro atoms. The molecule has 1 saturated carbocycles. The minimum absolute atomic E-state index is 0.239. The minimum Gasteiger partial charge on any atom is -0.211 e. The van der Waals surface area contributed by atoms with Gasteiger partial charge >= 0.3 is 0 Å². The fourth-order valence-electron chi connectivity index (χ4n) is 2.02. The van der Waals surface area contributed by atoms with E-state index in [4.69, 9.17) is 0 Å². The molecule has 0 atom stereocenters. The van der Waals surface area contributed by atoms with Crippen LogP contribution in [0, 0.1) is 5.82 Å². The maximum Gasteiger partial charge on any atom is 0.235 e. The zero-order chi connectivity index (χ0) is 11.6. The van der Waals surface area contributed by atoms with Gasteiger partial charge in [0.15, 0.2) is 0 Å². The summed E-state index contributed by atoms with van der Waals surface area (Å²) < 4.78 is 13.6. The van der Waals surface area contributed by atoms with E-state index in [1.165, 1.54) is 17.8 Å². The number of carbonyl (C=O) groups excluding carboxylic acids is 1. The molecular weight excluding hydrogens is 225 g/mol. The first-order chi connectivity index (χ1) is 7.72. The smallest absolute Gasteiger partial charge is 0.211 e. The Morgan fingerprint density at radius 3 is 2.69 bits per heavy atom. The third-order valence-corrected chi connectivity index (χ3v) is 3.90. The van der Waals surface area contributed by atoms with Crippen LogP contribution in [0.5, 0.6) is 0 Å². The molecular formula is C12H12FNOS. The average molecular weight is 237 g/mol. The van der Waals surface area contributed by atoms with Crippen molar-refractivity contribution in [3.8, 4) is 0 Å². The predicted octanol–water partition coefficient (Wildman–Crippen LogP) is 3.26. The monoisotopic (exact) mass is 237 g/mol. The maximum atomic E-state index is 13.6. The SMILES string of the molecule is CSc1ccc(C2(N=C=O)CCC2)cc1F. The van der Waals surface area contributed by atoms with E-state index in [1.54, 1.807) is 12.1 Å². The van der Waals surface area contributed by atoms with Gasteiger partial charge in [-0.2, -0.15) is 4.99 Å². The zero-order valence-electron chi connectivity index (χ0n) is 9.00. The van der Waals surface area contributed by atoms with Gasteiger partial charge < -0.3 is 0 Å². The van der Waals surface area contributed by atoms with Gasteiger partial charge in [0.25, 0.3) is 0 Å². The first-order valence-electron chi connectivity index (χ1n) is 5.15. The summed E-state index contributed by atoms with van der Waals surface area (Å²) in [7, 11) is 0. The molecule has 1 fully saturated rings. The van der Waals surface area contributed by atoms with Crippen molar-refractivity contribution in [3.63, 3.8) is 0 Å². The maximum absolute atomic E-state index is 13.6. The van der Waals surface area contributed by atoms with Gasteiger partial charge in [0.1, 0.15) is 5.82 Å². The second kappa shape index (κ2) is 4.40. The lowest BCUT2D eigenvalue weighted by molar-refractivity contribution is 0.255. The van der Waals surface area contributed by atoms with Gasteiger partial charge in [-0.25, -0.2) is 9.18 Å². The molecule has 0 unspecified atom stereocenters. The summed E-state index contributed by atoms with van der Waals surface area (Å²) in [5.41, 5.74) is 0.289. The number of aliphatic imine (C=N–C) groups is 1. The standard InChI is InChI=1S/C12H12FNOS/c1-16-11-4-3-9(7-10(11)13)12(14-8-15)5-2-6-12/h3-4,7H,2,5-6H2,1H3. The number of hydrogen-bond donors (Lipinski definition) is 0. The van der Waals surface area contributed by atoms with E-state index >= 15 is 0 Å². The van der Waals surface area contributed by atoms with E-state index < -0.39 is 5.54 Å². The molecule has 0 aromatic heterocycles. The second-order valence-electron chi connectivity index (χ2n) is 3.94. The largest absolute Gasteiger partial charge is 0.235 e. The van der Waals surface area contributed by atoms with Crippen molar-refractivity contribution < 1.29 is 9.18 Å². The molecule has 4 heteroatoms. The molecule has 1 aromatic carbocycles. The Hall–Kier alpha value is -1.12. The Morgan fingerprint density at radius 1 is 1.50 bits per heavy atom. The van der Waals surface area contributed by atoms with Crippen molar-refractivity contribution in [1.29, 1.82) is 0 Å². The minimum atomic E-state index is -0.500. The van der Waals surface area contributed by atoms with Crippen LogP contribution in [-0.4, -0.2) is 12.3 Å². The van der Waals surface area contributed by atoms with Gasteiger partial charge in [-0.05, 0) is 43.2 Å². The van der Waals surface area contributed by atoms with Gasteiger partial charge in [-0.15, -0.1) is 11.8 Å². The Kier molecular flexibility index (Phi) is 3.13. The molecule has 84 valence electrons. The van der Waals surface area contributed by atoms with Crippen molar-refractivity contribution in [3.05, 3.63) is 29.6 Å². The summed E-state index contributed by atoms with van der Waals surface area (Å²) in [6.45, 7) is 0. The van der Waals surface area contributed by atoms with E-state index in [2.05, 4.69) is 4.99 Å². The van der Waals surface area contributed by atoms with Crippen LogP contribution >= 0.6 is 11.8 Å². The van der Waals surface area contributed by atoms with E-state index in [1.807, 2.05) is 12.3 Å². The summed E-state index contributed by atoms with van der Waals surface area (Å²) in [6, 6.07) is 5.09. The van der Waals surface area contributed by atoms with Crippen LogP contribution in [0.25, 0.3) is 0 Å². The van der Waals surface area contributed by atoms with Gasteiger partial charge in [-0.3, -0.25) is 0 Å². The highest BCUT2D eigenvalue weighted by Gasteiger charge is 2.39. The average Bonchev–Trinajstić information content (AvgIpc) is 2.23. The lowest BCUT2D eigenvalue weighted by Gasteiger charge is -2.37. The topological polar surface area (TPSA) is 29.4 Å². The molecule has 0 N–H and O–H groups in total. The van der Waals surface area contributed by atoms with Crippen molar-refractivity contribution in [2.75, 3.05) is 6.26 Å². The lowest BCUT2D eigenvalue weighted by Crippen LogP contribution is -2.31. The molecule has 0 bridgehead atoms. The van der Waals surface area contributed by atoms with Crippen LogP contribution < -0.4 is 0 Å². The molecule has 0 radical (unpaired) electrons. The molecule has 1 aliphatic rings. The first kappa shape index (κ1) is 11.4. The van der Waals surface area contributed by atoms with E-state index in [9.17, 15) is 9.18 Å². The van der Waals surface area contributed by atoms with Crippen LogP contribution in [0.2, 0.25) is 0 Å². The summed E-state index contributed by atoms with van der Waals surface area (Å²) in [6.07, 6.45) is 6.08. The number of isocyanates is 1. The lowest BCUT2D eigenvalue weighted by atomic mass is 9.72. The highest BCUT2D eigenvalue weighted by molar-refractivity contribution is 7.98. The second-order valence-corrected chi connectivity index (χ2v) is 4.79. The van der Waals surface area contributed by atoms with Gasteiger partial charge in [0, 0.05) is 4.90 Å². The van der Waals surface area contributed by atoms with Crippen LogP contribution in [0.1, 0.15) is 24.8 Å². The summed E-state index contributed by atoms with van der Waals surface area (Å²) in [4.78, 5) is 14.9. The fraction of sp³-hybridized carbons (Fsp3) is 0.417. The highest BCUT2D eigenvalue weighted by atomic mass is 32.2. The Balaban J connectivity index is 2.40. The van der Waals surface area contributed by atoms with E-state index in [0.717, 1.165) is 24.8 Å². The molecule has 2 nitrogen and oxygen atoms in total. The van der Waals surface area contributed by atoms with Crippen LogP contribution in [0.15, 0.2) is 28.1 Å². The number of thioether (sulfide) groups is 1. The van der Waals surface area contributed by atoms with E-state index in [0.29, 0.717) is 4.90 Å². The summed E-state index contributed by atoms with van der Waals surface area (Å²) >= 11 is 1.37. The van der Waals surface area contributed by atoms with Crippen molar-refractivity contribution in [2.45, 2.75) is 29.7 Å². The molecule has 16 heavy (non-hydrogen) atoms. The van der Waals surface area contributed by atoms with Gasteiger partial charge in [-0.1, -0.05) is 6.07 Å². The van der Waals surface area contributed by atoms with Crippen LogP contribution in [0.4, 0.5) is 4.39 Å². The first-order valence-corrected chi connectivity index (χ1v) is 6.37. The predicted molar refractivity (Wildman–Crippen MR) is 61.8 cm³/mol. The third-order valence-electron chi connectivity index (χ3n) is 3.13. The van der Waals surface area contributed by atoms with Crippen LogP contribution in [-0.2, 0) is 10.3 Å². The quantitative estimate of drug-likeness (QED) is 0.459. The molecule has 1 aliphatic carbocycles. The van der Waals surface area contributed by atoms with Crippen molar-refractivity contribution in [2.24, 2.45) is 4.99 Å². The highest BCUT2D eigenvalue weighted by Crippen LogP contribution is 2.45. The number of benzene rings is 1. The normalized spacial score (nSPS) is 17.4. The molecule has 0 heterocycles. The van der Waals surface area contributed by atoms with Crippen LogP contribution in [0.3, 0.4) is 0 Å². The number of rotatable bonds is 3. The molecule has 2 rings (SSSR count).